The van der Waals surface area contributed by atoms with E-state index in [0.717, 1.165) is 5.69 Å². The summed E-state index contributed by atoms with van der Waals surface area (Å²) in [6, 6.07) is 58.7. The molecule has 2 aliphatic heterocycles. The molecule has 0 saturated heterocycles. The van der Waals surface area contributed by atoms with Crippen LogP contribution in [0, 0.1) is 0 Å². The lowest BCUT2D eigenvalue weighted by Crippen LogP contribution is -2.37. The van der Waals surface area contributed by atoms with E-state index in [2.05, 4.69) is 193 Å². The van der Waals surface area contributed by atoms with Crippen molar-refractivity contribution >= 4 is 56.6 Å². The molecule has 0 bridgehead atoms. The predicted molar refractivity (Wildman–Crippen MR) is 223 cm³/mol. The molecule has 4 heterocycles. The summed E-state index contributed by atoms with van der Waals surface area (Å²) in [6.45, 7) is 6.20. The van der Waals surface area contributed by atoms with Crippen LogP contribution >= 0.6 is 11.8 Å². The second-order valence-corrected chi connectivity index (χ2v) is 15.1. The normalized spacial score (nSPS) is 16.3. The number of aromatic nitrogens is 2. The lowest BCUT2D eigenvalue weighted by molar-refractivity contribution is 0.690. The molecule has 1 atom stereocenters. The number of fused-ring (bicyclic) bond motifs is 12. The van der Waals surface area contributed by atoms with Crippen LogP contribution in [-0.4, -0.2) is 9.13 Å². The molecule has 1 unspecified atom stereocenters. The molecule has 0 radical (unpaired) electrons. The minimum Gasteiger partial charge on any atom is -0.310 e. The maximum absolute atomic E-state index is 4.08. The van der Waals surface area contributed by atoms with Gasteiger partial charge in [-0.3, -0.25) is 0 Å². The van der Waals surface area contributed by atoms with Crippen molar-refractivity contribution in [1.29, 1.82) is 0 Å². The van der Waals surface area contributed by atoms with Gasteiger partial charge in [0.2, 0.25) is 0 Å². The molecule has 2 nitrogen and oxygen atoms in total. The Balaban J connectivity index is 1.19. The molecule has 7 aromatic carbocycles. The largest absolute Gasteiger partial charge is 0.310 e. The fraction of sp³-hybridized carbons (Fsp3) is 0.0400. The van der Waals surface area contributed by atoms with Gasteiger partial charge in [0.1, 0.15) is 0 Å². The smallest absolute Gasteiger partial charge is 0.0764 e. The van der Waals surface area contributed by atoms with E-state index in [9.17, 15) is 0 Å². The molecule has 0 amide bonds. The van der Waals surface area contributed by atoms with Crippen LogP contribution in [0.5, 0.6) is 0 Å². The summed E-state index contributed by atoms with van der Waals surface area (Å²) in [5, 5.41) is 6.16. The van der Waals surface area contributed by atoms with Crippen molar-refractivity contribution in [1.82, 2.24) is 9.13 Å². The lowest BCUT2D eigenvalue weighted by Gasteiger charge is -2.45. The Labute approximate surface area is 312 Å². The van der Waals surface area contributed by atoms with Crippen LogP contribution in [0.3, 0.4) is 0 Å². The Hall–Kier alpha value is -6.29. The van der Waals surface area contributed by atoms with Gasteiger partial charge >= 0.3 is 0 Å². The molecule has 1 spiro atoms. The predicted octanol–water partition coefficient (Wildman–Crippen LogP) is 11.3. The van der Waals surface area contributed by atoms with Gasteiger partial charge in [-0.25, -0.2) is 0 Å². The Bertz CT molecular complexity index is 3130. The third kappa shape index (κ3) is 4.00. The fourth-order valence-corrected chi connectivity index (χ4v) is 10.7. The molecule has 250 valence electrons. The van der Waals surface area contributed by atoms with Crippen LogP contribution in [0.4, 0.5) is 0 Å². The first-order chi connectivity index (χ1) is 26.2. The Kier molecular flexibility index (Phi) is 6.50. The zero-order valence-electron chi connectivity index (χ0n) is 29.3. The summed E-state index contributed by atoms with van der Waals surface area (Å²) in [7, 11) is 0. The van der Waals surface area contributed by atoms with E-state index >= 15 is 0 Å². The molecule has 9 aromatic rings. The molecule has 2 aromatic heterocycles. The van der Waals surface area contributed by atoms with Gasteiger partial charge in [-0.2, -0.15) is 0 Å². The highest BCUT2D eigenvalue weighted by atomic mass is 32.2. The molecule has 0 fully saturated rings. The summed E-state index contributed by atoms with van der Waals surface area (Å²) in [5.41, 5.74) is 13.4. The first-order valence-corrected chi connectivity index (χ1v) is 19.1. The minimum atomic E-state index is -0.481. The van der Waals surface area contributed by atoms with Crippen molar-refractivity contribution in [3.63, 3.8) is 0 Å². The van der Waals surface area contributed by atoms with Gasteiger partial charge in [0, 0.05) is 42.2 Å². The van der Waals surface area contributed by atoms with Crippen molar-refractivity contribution in [3.8, 4) is 22.5 Å². The maximum Gasteiger partial charge on any atom is 0.0764 e. The van der Waals surface area contributed by atoms with Gasteiger partial charge in [-0.05, 0) is 88.8 Å². The van der Waals surface area contributed by atoms with Crippen LogP contribution in [-0.2, 0) is 5.41 Å². The molecular weight excluding hydrogens is 661 g/mol. The molecule has 0 saturated carbocycles. The molecule has 3 heteroatoms. The van der Waals surface area contributed by atoms with Gasteiger partial charge in [0.25, 0.3) is 0 Å². The highest BCUT2D eigenvalue weighted by molar-refractivity contribution is 7.99. The van der Waals surface area contributed by atoms with Gasteiger partial charge < -0.3 is 9.13 Å². The summed E-state index contributed by atoms with van der Waals surface area (Å²) in [4.78, 5) is 2.59. The van der Waals surface area contributed by atoms with Crippen LogP contribution in [0.25, 0.3) is 67.4 Å². The topological polar surface area (TPSA) is 9.86 Å². The summed E-state index contributed by atoms with van der Waals surface area (Å²) < 4.78 is 4.87. The third-order valence-electron chi connectivity index (χ3n) is 11.5. The molecule has 11 rings (SSSR count). The molecule has 0 aliphatic carbocycles. The second-order valence-electron chi connectivity index (χ2n) is 14.0. The quantitative estimate of drug-likeness (QED) is 0.179. The van der Waals surface area contributed by atoms with Crippen LogP contribution in [0.2, 0.25) is 0 Å². The maximum atomic E-state index is 4.08. The van der Waals surface area contributed by atoms with Crippen molar-refractivity contribution in [3.05, 3.63) is 203 Å². The first kappa shape index (κ1) is 30.3. The number of hydrogen-bond donors (Lipinski definition) is 0. The monoisotopic (exact) mass is 694 g/mol. The van der Waals surface area contributed by atoms with E-state index in [1.165, 1.54) is 92.1 Å². The minimum absolute atomic E-state index is 0.481. The fourth-order valence-electron chi connectivity index (χ4n) is 9.46. The van der Waals surface area contributed by atoms with Crippen LogP contribution in [0.15, 0.2) is 180 Å². The first-order valence-electron chi connectivity index (χ1n) is 18.3. The van der Waals surface area contributed by atoms with E-state index in [4.69, 9.17) is 0 Å². The summed E-state index contributed by atoms with van der Waals surface area (Å²) >= 11 is 1.90. The zero-order valence-corrected chi connectivity index (χ0v) is 30.1. The number of rotatable bonds is 3. The number of benzene rings is 7. The average Bonchev–Trinajstić information content (AvgIpc) is 3.72. The van der Waals surface area contributed by atoms with Gasteiger partial charge in [0.15, 0.2) is 0 Å². The van der Waals surface area contributed by atoms with Crippen molar-refractivity contribution in [2.75, 3.05) is 0 Å². The highest BCUT2D eigenvalue weighted by Gasteiger charge is 2.49. The zero-order chi connectivity index (χ0) is 35.3. The number of allylic oxidation sites excluding steroid dienone is 1. The van der Waals surface area contributed by atoms with Crippen molar-refractivity contribution in [2.24, 2.45) is 0 Å². The Morgan fingerprint density at radius 2 is 1.23 bits per heavy atom. The van der Waals surface area contributed by atoms with Gasteiger partial charge in [0.05, 0.1) is 27.7 Å². The lowest BCUT2D eigenvalue weighted by atomic mass is 9.62. The molecule has 0 N–H and O–H groups in total. The third-order valence-corrected chi connectivity index (χ3v) is 12.6. The molecule has 2 aliphatic rings. The van der Waals surface area contributed by atoms with E-state index < -0.39 is 5.41 Å². The van der Waals surface area contributed by atoms with Crippen molar-refractivity contribution < 1.29 is 0 Å². The molecule has 53 heavy (non-hydrogen) atoms. The average molecular weight is 695 g/mol. The standard InChI is InChI=1S/C50H34N2S/c1-3-15-35-38-30-32(27-29-45(38)51(43(35)4-2)34-16-6-5-7-17-34)33-26-28-41-48(31-33)53-47-25-13-10-21-40(47)50(41)39-20-9-12-24-46(39)52-44-23-11-8-18-36(44)37-19-14-22-42(50)49(37)52/h3-31H,1H2,2H3/b35-15-,43-4+. The van der Waals surface area contributed by atoms with E-state index in [-0.39, 0.29) is 0 Å². The van der Waals surface area contributed by atoms with E-state index in [0.29, 0.717) is 0 Å². The number of nitrogens with zero attached hydrogens (tertiary/aromatic N) is 2. The second kappa shape index (κ2) is 11.4. The summed E-state index contributed by atoms with van der Waals surface area (Å²) in [6.07, 6.45) is 6.25. The highest BCUT2D eigenvalue weighted by Crippen LogP contribution is 2.60. The van der Waals surface area contributed by atoms with Gasteiger partial charge in [-0.15, -0.1) is 0 Å². The number of para-hydroxylation sites is 4. The van der Waals surface area contributed by atoms with E-state index in [1.54, 1.807) is 0 Å². The molecular formula is C50H34N2S. The van der Waals surface area contributed by atoms with Crippen LogP contribution < -0.4 is 10.6 Å². The van der Waals surface area contributed by atoms with Gasteiger partial charge in [-0.1, -0.05) is 146 Å². The number of hydrogen-bond acceptors (Lipinski definition) is 1. The SMILES string of the molecule is C=C/C=c1\c(=C/C)n(-c2ccccc2)c2ccc(-c3ccc4c(c3)Sc3ccccc3C43c4ccccc4-n4c5ccccc5c5cccc3c54)cc12. The van der Waals surface area contributed by atoms with Crippen LogP contribution in [0.1, 0.15) is 29.2 Å². The van der Waals surface area contributed by atoms with E-state index in [1.807, 2.05) is 17.8 Å². The Morgan fingerprint density at radius 1 is 0.547 bits per heavy atom. The Morgan fingerprint density at radius 3 is 2.09 bits per heavy atom. The summed E-state index contributed by atoms with van der Waals surface area (Å²) in [5.74, 6) is 0. The van der Waals surface area contributed by atoms with Crippen molar-refractivity contribution in [2.45, 2.75) is 22.1 Å².